The summed E-state index contributed by atoms with van der Waals surface area (Å²) in [7, 11) is 0. The molecule has 0 spiro atoms. The maximum atomic E-state index is 12.6. The number of nitrogens with zero attached hydrogens (tertiary/aromatic N) is 2. The van der Waals surface area contributed by atoms with Gasteiger partial charge in [0, 0.05) is 36.6 Å². The third kappa shape index (κ3) is 3.13. The molecule has 1 aliphatic heterocycles. The summed E-state index contributed by atoms with van der Waals surface area (Å²) in [5.41, 5.74) is 0.762. The Morgan fingerprint density at radius 3 is 2.68 bits per heavy atom. The van der Waals surface area contributed by atoms with Gasteiger partial charge in [0.05, 0.1) is 0 Å². The van der Waals surface area contributed by atoms with Gasteiger partial charge in [-0.2, -0.15) is 0 Å². The highest BCUT2D eigenvalue weighted by molar-refractivity contribution is 5.94. The molecular weight excluding hydrogens is 238 g/mol. The van der Waals surface area contributed by atoms with E-state index in [-0.39, 0.29) is 5.91 Å². The quantitative estimate of drug-likeness (QED) is 0.897. The molecule has 1 N–H and O–H groups in total. The van der Waals surface area contributed by atoms with Crippen LogP contribution in [-0.2, 0) is 0 Å². The van der Waals surface area contributed by atoms with E-state index in [0.29, 0.717) is 12.1 Å². The van der Waals surface area contributed by atoms with Crippen LogP contribution in [0.3, 0.4) is 0 Å². The van der Waals surface area contributed by atoms with Crippen LogP contribution in [0.25, 0.3) is 0 Å². The molecule has 0 radical (unpaired) electrons. The van der Waals surface area contributed by atoms with Crippen molar-refractivity contribution < 1.29 is 4.79 Å². The van der Waals surface area contributed by atoms with Gasteiger partial charge in [-0.15, -0.1) is 0 Å². The highest BCUT2D eigenvalue weighted by atomic mass is 16.2. The summed E-state index contributed by atoms with van der Waals surface area (Å²) < 4.78 is 0. The molecule has 2 aliphatic rings. The SMILES string of the molecule is O=C(c1ccncc1)N(CC1CCCCN1)C1CC1. The first-order chi connectivity index (χ1) is 9.34. The van der Waals surface area contributed by atoms with Crippen LogP contribution in [0, 0.1) is 0 Å². The van der Waals surface area contributed by atoms with Crippen molar-refractivity contribution in [2.45, 2.75) is 44.2 Å². The predicted octanol–water partition coefficient (Wildman–Crippen LogP) is 1.83. The molecule has 1 atom stereocenters. The molecule has 102 valence electrons. The van der Waals surface area contributed by atoms with Crippen LogP contribution in [0.15, 0.2) is 24.5 Å². The Bertz CT molecular complexity index is 424. The normalized spacial score (nSPS) is 23.1. The maximum absolute atomic E-state index is 12.6. The first-order valence-electron chi connectivity index (χ1n) is 7.29. The average Bonchev–Trinajstić information content (AvgIpc) is 3.31. The summed E-state index contributed by atoms with van der Waals surface area (Å²) in [4.78, 5) is 18.6. The van der Waals surface area contributed by atoms with Crippen LogP contribution in [0.2, 0.25) is 0 Å². The molecule has 1 aliphatic carbocycles. The minimum absolute atomic E-state index is 0.164. The number of pyridine rings is 1. The number of piperidine rings is 1. The molecular formula is C15H21N3O. The Labute approximate surface area is 114 Å². The van der Waals surface area contributed by atoms with Crippen LogP contribution in [0.1, 0.15) is 42.5 Å². The second-order valence-corrected chi connectivity index (χ2v) is 5.57. The summed E-state index contributed by atoms with van der Waals surface area (Å²) >= 11 is 0. The lowest BCUT2D eigenvalue weighted by molar-refractivity contribution is 0.0718. The van der Waals surface area contributed by atoms with Gasteiger partial charge < -0.3 is 10.2 Å². The van der Waals surface area contributed by atoms with E-state index >= 15 is 0 Å². The van der Waals surface area contributed by atoms with Gasteiger partial charge in [0.2, 0.25) is 0 Å². The Balaban J connectivity index is 1.68. The zero-order chi connectivity index (χ0) is 13.1. The monoisotopic (exact) mass is 259 g/mol. The van der Waals surface area contributed by atoms with E-state index < -0.39 is 0 Å². The van der Waals surface area contributed by atoms with Crippen LogP contribution in [0.4, 0.5) is 0 Å². The number of hydrogen-bond donors (Lipinski definition) is 1. The van der Waals surface area contributed by atoms with Crippen LogP contribution < -0.4 is 5.32 Å². The molecule has 1 aromatic rings. The van der Waals surface area contributed by atoms with Crippen molar-refractivity contribution in [3.63, 3.8) is 0 Å². The van der Waals surface area contributed by atoms with Crippen molar-refractivity contribution in [2.75, 3.05) is 13.1 Å². The van der Waals surface area contributed by atoms with E-state index in [4.69, 9.17) is 0 Å². The number of amides is 1. The van der Waals surface area contributed by atoms with Crippen molar-refractivity contribution >= 4 is 5.91 Å². The fraction of sp³-hybridized carbons (Fsp3) is 0.600. The standard InChI is InChI=1S/C15H21N3O/c19-15(12-6-9-16-10-7-12)18(14-4-5-14)11-13-3-1-2-8-17-13/h6-7,9-10,13-14,17H,1-5,8,11H2. The van der Waals surface area contributed by atoms with Gasteiger partial charge in [0.25, 0.3) is 5.91 Å². The molecule has 1 amide bonds. The van der Waals surface area contributed by atoms with Crippen molar-refractivity contribution in [1.82, 2.24) is 15.2 Å². The predicted molar refractivity (Wildman–Crippen MR) is 73.9 cm³/mol. The first kappa shape index (κ1) is 12.6. The summed E-state index contributed by atoms with van der Waals surface area (Å²) in [6.07, 6.45) is 9.42. The number of aromatic nitrogens is 1. The molecule has 1 saturated heterocycles. The molecule has 3 rings (SSSR count). The van der Waals surface area contributed by atoms with Crippen molar-refractivity contribution in [3.8, 4) is 0 Å². The Kier molecular flexibility index (Phi) is 3.78. The van der Waals surface area contributed by atoms with E-state index in [0.717, 1.165) is 31.5 Å². The lowest BCUT2D eigenvalue weighted by atomic mass is 10.0. The smallest absolute Gasteiger partial charge is 0.254 e. The molecule has 4 heteroatoms. The minimum atomic E-state index is 0.164. The second kappa shape index (κ2) is 5.70. The molecule has 0 bridgehead atoms. The number of carbonyl (C=O) groups is 1. The van der Waals surface area contributed by atoms with E-state index in [1.54, 1.807) is 12.4 Å². The molecule has 19 heavy (non-hydrogen) atoms. The zero-order valence-corrected chi connectivity index (χ0v) is 11.2. The lowest BCUT2D eigenvalue weighted by Crippen LogP contribution is -2.46. The fourth-order valence-electron chi connectivity index (χ4n) is 2.76. The van der Waals surface area contributed by atoms with E-state index in [2.05, 4.69) is 15.2 Å². The molecule has 4 nitrogen and oxygen atoms in total. The van der Waals surface area contributed by atoms with Gasteiger partial charge in [-0.1, -0.05) is 6.42 Å². The summed E-state index contributed by atoms with van der Waals surface area (Å²) in [6, 6.07) is 4.56. The summed E-state index contributed by atoms with van der Waals surface area (Å²) in [6.45, 7) is 1.94. The van der Waals surface area contributed by atoms with Gasteiger partial charge >= 0.3 is 0 Å². The highest BCUT2D eigenvalue weighted by Crippen LogP contribution is 2.29. The molecule has 1 unspecified atom stereocenters. The third-order valence-corrected chi connectivity index (χ3v) is 4.01. The number of rotatable bonds is 4. The zero-order valence-electron chi connectivity index (χ0n) is 11.2. The maximum Gasteiger partial charge on any atom is 0.254 e. The summed E-state index contributed by atoms with van der Waals surface area (Å²) in [5, 5.41) is 3.53. The fourth-order valence-corrected chi connectivity index (χ4v) is 2.76. The van der Waals surface area contributed by atoms with Gasteiger partial charge in [-0.25, -0.2) is 0 Å². The van der Waals surface area contributed by atoms with Crippen LogP contribution in [0.5, 0.6) is 0 Å². The number of carbonyl (C=O) groups excluding carboxylic acids is 1. The topological polar surface area (TPSA) is 45.2 Å². The number of nitrogens with one attached hydrogen (secondary N) is 1. The largest absolute Gasteiger partial charge is 0.334 e. The lowest BCUT2D eigenvalue weighted by Gasteiger charge is -2.30. The Morgan fingerprint density at radius 1 is 1.26 bits per heavy atom. The van der Waals surface area contributed by atoms with E-state index in [1.165, 1.54) is 19.3 Å². The Morgan fingerprint density at radius 2 is 2.05 bits per heavy atom. The minimum Gasteiger partial charge on any atom is -0.334 e. The second-order valence-electron chi connectivity index (χ2n) is 5.57. The third-order valence-electron chi connectivity index (χ3n) is 4.01. The van der Waals surface area contributed by atoms with Crippen molar-refractivity contribution in [3.05, 3.63) is 30.1 Å². The van der Waals surface area contributed by atoms with Gasteiger partial charge in [-0.3, -0.25) is 9.78 Å². The van der Waals surface area contributed by atoms with Crippen molar-refractivity contribution in [2.24, 2.45) is 0 Å². The molecule has 2 heterocycles. The first-order valence-corrected chi connectivity index (χ1v) is 7.29. The van der Waals surface area contributed by atoms with Crippen LogP contribution >= 0.6 is 0 Å². The molecule has 2 fully saturated rings. The molecule has 1 saturated carbocycles. The average molecular weight is 259 g/mol. The highest BCUT2D eigenvalue weighted by Gasteiger charge is 2.34. The summed E-state index contributed by atoms with van der Waals surface area (Å²) in [5.74, 6) is 0.164. The van der Waals surface area contributed by atoms with Gasteiger partial charge in [0.15, 0.2) is 0 Å². The van der Waals surface area contributed by atoms with Gasteiger partial charge in [-0.05, 0) is 44.4 Å². The van der Waals surface area contributed by atoms with Crippen molar-refractivity contribution in [1.29, 1.82) is 0 Å². The Hall–Kier alpha value is -1.42. The van der Waals surface area contributed by atoms with E-state index in [9.17, 15) is 4.79 Å². The number of hydrogen-bond acceptors (Lipinski definition) is 3. The van der Waals surface area contributed by atoms with Gasteiger partial charge in [0.1, 0.15) is 0 Å². The van der Waals surface area contributed by atoms with E-state index in [1.807, 2.05) is 12.1 Å². The molecule has 0 aromatic carbocycles. The molecule has 1 aromatic heterocycles. The van der Waals surface area contributed by atoms with Crippen LogP contribution in [-0.4, -0.2) is 41.0 Å².